The standard InChI is InChI=1S/C24H40O4/c25-23-19-20-24(26)28-22-18-16-14-12-10-8-6-4-2-1-3-5-7-9-11-13-15-17-21-27-23/h1-2,19-20H,3-18,21-22H2/b2-1+,20-19-. The van der Waals surface area contributed by atoms with E-state index in [2.05, 4.69) is 12.2 Å². The van der Waals surface area contributed by atoms with Gasteiger partial charge in [-0.05, 0) is 38.5 Å². The lowest BCUT2D eigenvalue weighted by molar-refractivity contribution is -0.140. The van der Waals surface area contributed by atoms with E-state index >= 15 is 0 Å². The molecule has 0 fully saturated rings. The van der Waals surface area contributed by atoms with Crippen molar-refractivity contribution in [3.05, 3.63) is 24.3 Å². The summed E-state index contributed by atoms with van der Waals surface area (Å²) in [4.78, 5) is 23.1. The Labute approximate surface area is 171 Å². The van der Waals surface area contributed by atoms with Crippen molar-refractivity contribution in [1.29, 1.82) is 0 Å². The van der Waals surface area contributed by atoms with Crippen LogP contribution in [0.3, 0.4) is 0 Å². The Morgan fingerprint density at radius 2 is 0.786 bits per heavy atom. The normalized spacial score (nSPS) is 23.9. The lowest BCUT2D eigenvalue weighted by Gasteiger charge is -2.04. The zero-order valence-electron chi connectivity index (χ0n) is 17.7. The molecule has 0 aliphatic carbocycles. The highest BCUT2D eigenvalue weighted by Gasteiger charge is 2.01. The van der Waals surface area contributed by atoms with Gasteiger partial charge in [0.15, 0.2) is 0 Å². The maximum Gasteiger partial charge on any atom is 0.331 e. The number of hydrogen-bond donors (Lipinski definition) is 0. The van der Waals surface area contributed by atoms with Gasteiger partial charge in [0.1, 0.15) is 0 Å². The van der Waals surface area contributed by atoms with Crippen LogP contribution in [0.2, 0.25) is 0 Å². The number of ether oxygens (including phenoxy) is 2. The Kier molecular flexibility index (Phi) is 16.4. The number of rotatable bonds is 0. The lowest BCUT2D eigenvalue weighted by Crippen LogP contribution is -2.06. The summed E-state index contributed by atoms with van der Waals surface area (Å²) in [7, 11) is 0. The van der Waals surface area contributed by atoms with Gasteiger partial charge in [0, 0.05) is 12.2 Å². The number of cyclic esters (lactones) is 2. The zero-order valence-corrected chi connectivity index (χ0v) is 17.7. The van der Waals surface area contributed by atoms with Crippen molar-refractivity contribution < 1.29 is 19.1 Å². The molecule has 0 saturated heterocycles. The molecule has 0 bridgehead atoms. The molecular weight excluding hydrogens is 352 g/mol. The molecule has 4 heteroatoms. The molecular formula is C24H40O4. The predicted octanol–water partition coefficient (Wildman–Crippen LogP) is 6.44. The summed E-state index contributed by atoms with van der Waals surface area (Å²) in [5.41, 5.74) is 0. The molecule has 0 saturated carbocycles. The average molecular weight is 393 g/mol. The first kappa shape index (κ1) is 24.5. The minimum atomic E-state index is -0.466. The number of allylic oxidation sites excluding steroid dienone is 2. The Morgan fingerprint density at radius 1 is 0.464 bits per heavy atom. The maximum atomic E-state index is 11.6. The van der Waals surface area contributed by atoms with Crippen molar-refractivity contribution in [2.45, 2.75) is 103 Å². The topological polar surface area (TPSA) is 52.6 Å². The zero-order chi connectivity index (χ0) is 20.1. The van der Waals surface area contributed by atoms with Gasteiger partial charge in [-0.3, -0.25) is 0 Å². The second-order valence-corrected chi connectivity index (χ2v) is 7.67. The van der Waals surface area contributed by atoms with E-state index in [9.17, 15) is 9.59 Å². The van der Waals surface area contributed by atoms with Gasteiger partial charge in [-0.1, -0.05) is 76.4 Å². The third kappa shape index (κ3) is 16.6. The molecule has 1 aliphatic heterocycles. The number of carbonyl (C=O) groups excluding carboxylic acids is 2. The second-order valence-electron chi connectivity index (χ2n) is 7.67. The van der Waals surface area contributed by atoms with Crippen LogP contribution in [0, 0.1) is 0 Å². The fraction of sp³-hybridized carbons (Fsp3) is 0.750. The lowest BCUT2D eigenvalue weighted by atomic mass is 10.1. The molecule has 0 spiro atoms. The first-order valence-corrected chi connectivity index (χ1v) is 11.5. The first-order chi connectivity index (χ1) is 13.8. The van der Waals surface area contributed by atoms with E-state index in [0.717, 1.165) is 25.7 Å². The quantitative estimate of drug-likeness (QED) is 0.351. The van der Waals surface area contributed by atoms with Crippen LogP contribution in [-0.2, 0) is 19.1 Å². The van der Waals surface area contributed by atoms with E-state index in [1.807, 2.05) is 0 Å². The number of esters is 2. The van der Waals surface area contributed by atoms with Crippen LogP contribution in [-0.4, -0.2) is 25.2 Å². The van der Waals surface area contributed by atoms with Gasteiger partial charge < -0.3 is 9.47 Å². The highest BCUT2D eigenvalue weighted by Crippen LogP contribution is 2.11. The Bertz CT molecular complexity index is 414. The second kappa shape index (κ2) is 18.8. The van der Waals surface area contributed by atoms with Crippen LogP contribution in [0.5, 0.6) is 0 Å². The summed E-state index contributed by atoms with van der Waals surface area (Å²) in [6.07, 6.45) is 26.1. The molecule has 0 N–H and O–H groups in total. The first-order valence-electron chi connectivity index (χ1n) is 11.5. The van der Waals surface area contributed by atoms with Crippen molar-refractivity contribution in [2.75, 3.05) is 13.2 Å². The summed E-state index contributed by atoms with van der Waals surface area (Å²) in [5, 5.41) is 0. The van der Waals surface area contributed by atoms with Gasteiger partial charge in [0.25, 0.3) is 0 Å². The molecule has 1 aliphatic rings. The number of carbonyl (C=O) groups is 2. The molecule has 1 heterocycles. The van der Waals surface area contributed by atoms with E-state index in [4.69, 9.17) is 9.47 Å². The highest BCUT2D eigenvalue weighted by atomic mass is 16.5. The van der Waals surface area contributed by atoms with Crippen molar-refractivity contribution in [3.63, 3.8) is 0 Å². The fourth-order valence-corrected chi connectivity index (χ4v) is 3.31. The molecule has 0 aromatic carbocycles. The van der Waals surface area contributed by atoms with Crippen molar-refractivity contribution in [2.24, 2.45) is 0 Å². The summed E-state index contributed by atoms with van der Waals surface area (Å²) in [6.45, 7) is 0.839. The van der Waals surface area contributed by atoms with E-state index < -0.39 is 11.9 Å². The summed E-state index contributed by atoms with van der Waals surface area (Å²) < 4.78 is 10.2. The Morgan fingerprint density at radius 3 is 1.18 bits per heavy atom. The molecule has 0 aromatic heterocycles. The van der Waals surface area contributed by atoms with Gasteiger partial charge in [0.05, 0.1) is 13.2 Å². The molecule has 0 amide bonds. The third-order valence-electron chi connectivity index (χ3n) is 5.04. The largest absolute Gasteiger partial charge is 0.463 e. The van der Waals surface area contributed by atoms with Crippen LogP contribution < -0.4 is 0 Å². The van der Waals surface area contributed by atoms with E-state index in [-0.39, 0.29) is 0 Å². The van der Waals surface area contributed by atoms with Gasteiger partial charge >= 0.3 is 11.9 Å². The summed E-state index contributed by atoms with van der Waals surface area (Å²) in [6, 6.07) is 0. The minimum absolute atomic E-state index is 0.420. The molecule has 4 nitrogen and oxygen atoms in total. The van der Waals surface area contributed by atoms with Gasteiger partial charge in [-0.15, -0.1) is 0 Å². The molecule has 28 heavy (non-hydrogen) atoms. The van der Waals surface area contributed by atoms with E-state index in [0.29, 0.717) is 13.2 Å². The Balaban J connectivity index is 2.23. The monoisotopic (exact) mass is 392 g/mol. The van der Waals surface area contributed by atoms with Gasteiger partial charge in [-0.25, -0.2) is 9.59 Å². The van der Waals surface area contributed by atoms with Crippen molar-refractivity contribution in [3.8, 4) is 0 Å². The maximum absolute atomic E-state index is 11.6. The molecule has 160 valence electrons. The fourth-order valence-electron chi connectivity index (χ4n) is 3.31. The van der Waals surface area contributed by atoms with Crippen LogP contribution in [0.25, 0.3) is 0 Å². The highest BCUT2D eigenvalue weighted by molar-refractivity contribution is 5.91. The average Bonchev–Trinajstić information content (AvgIpc) is 2.69. The van der Waals surface area contributed by atoms with E-state index in [1.165, 1.54) is 89.2 Å². The minimum Gasteiger partial charge on any atom is -0.463 e. The molecule has 0 atom stereocenters. The Hall–Kier alpha value is -1.58. The van der Waals surface area contributed by atoms with Crippen molar-refractivity contribution >= 4 is 11.9 Å². The molecule has 0 aromatic rings. The van der Waals surface area contributed by atoms with Gasteiger partial charge in [0.2, 0.25) is 0 Å². The van der Waals surface area contributed by atoms with Crippen LogP contribution in [0.15, 0.2) is 24.3 Å². The van der Waals surface area contributed by atoms with Crippen LogP contribution in [0.1, 0.15) is 103 Å². The predicted molar refractivity (Wildman–Crippen MR) is 114 cm³/mol. The smallest absolute Gasteiger partial charge is 0.331 e. The SMILES string of the molecule is O=C1/C=C\C(=O)OCCCCCCCCC/C=C/CCCCCCCCCO1. The molecule has 1 rings (SSSR count). The summed E-state index contributed by atoms with van der Waals surface area (Å²) in [5.74, 6) is -0.933. The number of hydrogen-bond acceptors (Lipinski definition) is 4. The van der Waals surface area contributed by atoms with Crippen molar-refractivity contribution in [1.82, 2.24) is 0 Å². The molecule has 0 radical (unpaired) electrons. The van der Waals surface area contributed by atoms with Crippen LogP contribution in [0.4, 0.5) is 0 Å². The van der Waals surface area contributed by atoms with Crippen LogP contribution >= 0.6 is 0 Å². The third-order valence-corrected chi connectivity index (χ3v) is 5.04. The van der Waals surface area contributed by atoms with Gasteiger partial charge in [-0.2, -0.15) is 0 Å². The summed E-state index contributed by atoms with van der Waals surface area (Å²) >= 11 is 0. The molecule has 0 unspecified atom stereocenters. The van der Waals surface area contributed by atoms with E-state index in [1.54, 1.807) is 0 Å².